The molecule has 0 spiro atoms. The zero-order valence-corrected chi connectivity index (χ0v) is 15.4. The molecule has 0 N–H and O–H groups in total. The van der Waals surface area contributed by atoms with Crippen LogP contribution in [0.25, 0.3) is 11.0 Å². The standard InChI is InChI=1S/C20H25NO5/c1-24-9-8-21(7-6-20(23)25-2)19(22)12-16-13-26-18-11-15-5-3-4-14(15)10-17(16)18/h10-11,13H,3-9,12H2,1-2H3. The molecule has 2 aromatic rings. The van der Waals surface area contributed by atoms with Crippen LogP contribution in [-0.4, -0.2) is 50.7 Å². The molecule has 0 saturated heterocycles. The highest BCUT2D eigenvalue weighted by Gasteiger charge is 2.20. The van der Waals surface area contributed by atoms with Crippen molar-refractivity contribution in [3.63, 3.8) is 0 Å². The molecular weight excluding hydrogens is 334 g/mol. The summed E-state index contributed by atoms with van der Waals surface area (Å²) in [5, 5.41) is 1.01. The first-order chi connectivity index (χ1) is 12.6. The summed E-state index contributed by atoms with van der Waals surface area (Å²) in [7, 11) is 2.94. The molecule has 0 unspecified atom stereocenters. The van der Waals surface area contributed by atoms with Crippen LogP contribution >= 0.6 is 0 Å². The number of benzene rings is 1. The first-order valence-corrected chi connectivity index (χ1v) is 8.97. The van der Waals surface area contributed by atoms with Crippen LogP contribution in [0.5, 0.6) is 0 Å². The Labute approximate surface area is 153 Å². The van der Waals surface area contributed by atoms with Crippen molar-refractivity contribution >= 4 is 22.8 Å². The number of hydrogen-bond acceptors (Lipinski definition) is 5. The van der Waals surface area contributed by atoms with E-state index in [1.54, 1.807) is 18.3 Å². The molecule has 3 rings (SSSR count). The van der Waals surface area contributed by atoms with E-state index in [1.807, 2.05) is 0 Å². The smallest absolute Gasteiger partial charge is 0.307 e. The van der Waals surface area contributed by atoms with Gasteiger partial charge in [0.25, 0.3) is 0 Å². The summed E-state index contributed by atoms with van der Waals surface area (Å²) in [6.45, 7) is 1.18. The quantitative estimate of drug-likeness (QED) is 0.678. The van der Waals surface area contributed by atoms with Gasteiger partial charge < -0.3 is 18.8 Å². The monoisotopic (exact) mass is 359 g/mol. The van der Waals surface area contributed by atoms with Gasteiger partial charge in [0.1, 0.15) is 5.58 Å². The number of aryl methyl sites for hydroxylation is 2. The molecule has 6 nitrogen and oxygen atoms in total. The summed E-state index contributed by atoms with van der Waals surface area (Å²) in [4.78, 5) is 25.8. The number of ether oxygens (including phenoxy) is 2. The number of carbonyl (C=O) groups is 2. The lowest BCUT2D eigenvalue weighted by Crippen LogP contribution is -2.36. The predicted octanol–water partition coefficient (Wildman–Crippen LogP) is 2.50. The molecule has 1 amide bonds. The van der Waals surface area contributed by atoms with Gasteiger partial charge in [0.05, 0.1) is 32.8 Å². The summed E-state index contributed by atoms with van der Waals surface area (Å²) in [5.41, 5.74) is 4.44. The molecule has 0 fully saturated rings. The number of furan rings is 1. The van der Waals surface area contributed by atoms with Crippen LogP contribution in [0.15, 0.2) is 22.8 Å². The van der Waals surface area contributed by atoms with Crippen LogP contribution in [0.1, 0.15) is 29.5 Å². The number of esters is 1. The van der Waals surface area contributed by atoms with E-state index in [9.17, 15) is 9.59 Å². The number of hydrogen-bond donors (Lipinski definition) is 0. The van der Waals surface area contributed by atoms with Crippen molar-refractivity contribution in [2.45, 2.75) is 32.1 Å². The van der Waals surface area contributed by atoms with E-state index in [1.165, 1.54) is 24.7 Å². The average Bonchev–Trinajstić information content (AvgIpc) is 3.26. The molecule has 0 atom stereocenters. The largest absolute Gasteiger partial charge is 0.469 e. The Balaban J connectivity index is 1.73. The first-order valence-electron chi connectivity index (χ1n) is 8.97. The third-order valence-electron chi connectivity index (χ3n) is 4.94. The molecule has 1 aliphatic carbocycles. The van der Waals surface area contributed by atoms with Gasteiger partial charge >= 0.3 is 5.97 Å². The molecule has 1 heterocycles. The molecular formula is C20H25NO5. The maximum atomic E-state index is 12.8. The zero-order valence-electron chi connectivity index (χ0n) is 15.4. The molecule has 1 aromatic carbocycles. The van der Waals surface area contributed by atoms with Crippen molar-refractivity contribution in [1.29, 1.82) is 0 Å². The Morgan fingerprint density at radius 3 is 2.65 bits per heavy atom. The van der Waals surface area contributed by atoms with Crippen LogP contribution in [0.4, 0.5) is 0 Å². The Bertz CT molecular complexity index is 795. The maximum absolute atomic E-state index is 12.8. The molecule has 6 heteroatoms. The van der Waals surface area contributed by atoms with Crippen molar-refractivity contribution in [2.24, 2.45) is 0 Å². The van der Waals surface area contributed by atoms with Gasteiger partial charge in [-0.05, 0) is 42.5 Å². The molecule has 0 bridgehead atoms. The number of rotatable bonds is 8. The van der Waals surface area contributed by atoms with E-state index in [2.05, 4.69) is 16.9 Å². The van der Waals surface area contributed by atoms with E-state index < -0.39 is 0 Å². The fourth-order valence-corrected chi connectivity index (χ4v) is 3.45. The molecule has 140 valence electrons. The van der Waals surface area contributed by atoms with Crippen molar-refractivity contribution in [3.05, 3.63) is 35.1 Å². The number of methoxy groups -OCH3 is 2. The van der Waals surface area contributed by atoms with Crippen LogP contribution in [-0.2, 0) is 38.3 Å². The summed E-state index contributed by atoms with van der Waals surface area (Å²) in [5.74, 6) is -0.376. The topological polar surface area (TPSA) is 69.0 Å². The van der Waals surface area contributed by atoms with E-state index >= 15 is 0 Å². The third kappa shape index (κ3) is 4.07. The van der Waals surface area contributed by atoms with Gasteiger partial charge in [-0.2, -0.15) is 0 Å². The third-order valence-corrected chi connectivity index (χ3v) is 4.94. The molecule has 1 aromatic heterocycles. The normalized spacial score (nSPS) is 13.0. The summed E-state index contributed by atoms with van der Waals surface area (Å²) >= 11 is 0. The van der Waals surface area contributed by atoms with Crippen LogP contribution in [0.2, 0.25) is 0 Å². The minimum Gasteiger partial charge on any atom is -0.469 e. The van der Waals surface area contributed by atoms with E-state index in [-0.39, 0.29) is 24.7 Å². The van der Waals surface area contributed by atoms with Crippen molar-refractivity contribution in [1.82, 2.24) is 4.90 Å². The molecule has 0 radical (unpaired) electrons. The summed E-state index contributed by atoms with van der Waals surface area (Å²) in [6.07, 6.45) is 5.45. The van der Waals surface area contributed by atoms with Gasteiger partial charge in [-0.15, -0.1) is 0 Å². The fourth-order valence-electron chi connectivity index (χ4n) is 3.45. The van der Waals surface area contributed by atoms with Gasteiger partial charge in [0.15, 0.2) is 0 Å². The number of fused-ring (bicyclic) bond motifs is 2. The highest BCUT2D eigenvalue weighted by Crippen LogP contribution is 2.30. The molecule has 26 heavy (non-hydrogen) atoms. The van der Waals surface area contributed by atoms with Gasteiger partial charge in [-0.3, -0.25) is 9.59 Å². The second-order valence-electron chi connectivity index (χ2n) is 6.61. The molecule has 0 saturated carbocycles. The van der Waals surface area contributed by atoms with Gasteiger partial charge in [0.2, 0.25) is 5.91 Å². The second kappa shape index (κ2) is 8.36. The number of nitrogens with zero attached hydrogens (tertiary/aromatic N) is 1. The lowest BCUT2D eigenvalue weighted by molar-refractivity contribution is -0.141. The zero-order chi connectivity index (χ0) is 18.5. The number of carbonyl (C=O) groups excluding carboxylic acids is 2. The average molecular weight is 359 g/mol. The van der Waals surface area contributed by atoms with Crippen LogP contribution in [0.3, 0.4) is 0 Å². The van der Waals surface area contributed by atoms with Crippen molar-refractivity contribution in [2.75, 3.05) is 33.9 Å². The van der Waals surface area contributed by atoms with Crippen LogP contribution < -0.4 is 0 Å². The minimum absolute atomic E-state index is 0.0471. The highest BCUT2D eigenvalue weighted by atomic mass is 16.5. The predicted molar refractivity (Wildman–Crippen MR) is 97.0 cm³/mol. The van der Waals surface area contributed by atoms with Gasteiger partial charge in [0, 0.05) is 31.1 Å². The Morgan fingerprint density at radius 2 is 1.92 bits per heavy atom. The van der Waals surface area contributed by atoms with Crippen molar-refractivity contribution in [3.8, 4) is 0 Å². The molecule has 0 aliphatic heterocycles. The lowest BCUT2D eigenvalue weighted by Gasteiger charge is -2.21. The first kappa shape index (κ1) is 18.5. The Morgan fingerprint density at radius 1 is 1.15 bits per heavy atom. The second-order valence-corrected chi connectivity index (χ2v) is 6.61. The van der Waals surface area contributed by atoms with E-state index in [0.29, 0.717) is 19.7 Å². The van der Waals surface area contributed by atoms with Crippen molar-refractivity contribution < 1.29 is 23.5 Å². The van der Waals surface area contributed by atoms with Crippen LogP contribution in [0, 0.1) is 0 Å². The Hall–Kier alpha value is -2.34. The van der Waals surface area contributed by atoms with E-state index in [4.69, 9.17) is 9.15 Å². The fraction of sp³-hybridized carbons (Fsp3) is 0.500. The summed E-state index contributed by atoms with van der Waals surface area (Å²) < 4.78 is 15.4. The summed E-state index contributed by atoms with van der Waals surface area (Å²) in [6, 6.07) is 4.27. The Kier molecular flexibility index (Phi) is 5.93. The molecule has 1 aliphatic rings. The van der Waals surface area contributed by atoms with Gasteiger partial charge in [-0.25, -0.2) is 0 Å². The van der Waals surface area contributed by atoms with Gasteiger partial charge in [-0.1, -0.05) is 0 Å². The highest BCUT2D eigenvalue weighted by molar-refractivity contribution is 5.89. The minimum atomic E-state index is -0.329. The SMILES string of the molecule is COCCN(CCC(=O)OC)C(=O)Cc1coc2cc3c(cc12)CCC3. The lowest BCUT2D eigenvalue weighted by atomic mass is 10.0. The van der Waals surface area contributed by atoms with E-state index in [0.717, 1.165) is 29.4 Å². The maximum Gasteiger partial charge on any atom is 0.307 e. The number of amides is 1.